The Bertz CT molecular complexity index is 257. The Morgan fingerprint density at radius 1 is 1.45 bits per heavy atom. The summed E-state index contributed by atoms with van der Waals surface area (Å²) in [5, 5.41) is 26.9. The zero-order valence-electron chi connectivity index (χ0n) is 6.29. The lowest BCUT2D eigenvalue weighted by Gasteiger charge is -2.07. The molecular weight excluding hydrogens is 148 g/mol. The van der Waals surface area contributed by atoms with E-state index in [4.69, 9.17) is 0 Å². The maximum absolute atomic E-state index is 11.0. The van der Waals surface area contributed by atoms with Gasteiger partial charge in [-0.1, -0.05) is 0 Å². The van der Waals surface area contributed by atoms with E-state index in [1.165, 1.54) is 13.2 Å². The van der Waals surface area contributed by atoms with Crippen LogP contribution in [0.2, 0.25) is 0 Å². The highest BCUT2D eigenvalue weighted by Gasteiger charge is 2.08. The molecule has 62 valence electrons. The zero-order chi connectivity index (χ0) is 8.43. The van der Waals surface area contributed by atoms with Crippen molar-refractivity contribution in [2.24, 2.45) is 0 Å². The van der Waals surface area contributed by atoms with Crippen LogP contribution in [0.15, 0.2) is 6.20 Å². The molecule has 0 saturated carbocycles. The largest absolute Gasteiger partial charge is 0.740 e. The minimum Gasteiger partial charge on any atom is -0.740 e. The van der Waals surface area contributed by atoms with E-state index in [2.05, 4.69) is 10.6 Å². The highest BCUT2D eigenvalue weighted by molar-refractivity contribution is 5.39. The molecule has 11 heavy (non-hydrogen) atoms. The SMILES string of the molecule is CNc1c[n+]([O-])c(NC)n1[O-]. The van der Waals surface area contributed by atoms with Gasteiger partial charge in [-0.2, -0.15) is 0 Å². The predicted molar refractivity (Wildman–Crippen MR) is 41.3 cm³/mol. The molecule has 0 spiro atoms. The van der Waals surface area contributed by atoms with Crippen LogP contribution in [0.4, 0.5) is 11.8 Å². The topological polar surface area (TPSA) is 79.0 Å². The van der Waals surface area contributed by atoms with E-state index >= 15 is 0 Å². The van der Waals surface area contributed by atoms with Crippen LogP contribution in [0.1, 0.15) is 0 Å². The predicted octanol–water partition coefficient (Wildman–Crippen LogP) is -0.449. The standard InChI is InChI=1S/C5H9N4O2/c1-6-4-3-8(10)5(7-2)9(4)11/h3,6-7H,1-2H3/q-1. The van der Waals surface area contributed by atoms with Gasteiger partial charge < -0.3 is 15.7 Å². The number of anilines is 2. The first kappa shape index (κ1) is 7.52. The summed E-state index contributed by atoms with van der Waals surface area (Å²) >= 11 is 0. The summed E-state index contributed by atoms with van der Waals surface area (Å²) < 4.78 is 0.964. The number of hydrogen-bond donors (Lipinski definition) is 2. The van der Waals surface area contributed by atoms with Crippen molar-refractivity contribution in [1.29, 1.82) is 0 Å². The van der Waals surface area contributed by atoms with Gasteiger partial charge in [0.15, 0.2) is 0 Å². The first-order valence-corrected chi connectivity index (χ1v) is 3.08. The lowest BCUT2D eigenvalue weighted by Crippen LogP contribution is -2.27. The fourth-order valence-electron chi connectivity index (χ4n) is 0.806. The molecule has 6 heteroatoms. The van der Waals surface area contributed by atoms with Crippen molar-refractivity contribution in [3.05, 3.63) is 16.6 Å². The third-order valence-electron chi connectivity index (χ3n) is 1.34. The lowest BCUT2D eigenvalue weighted by molar-refractivity contribution is -0.588. The Morgan fingerprint density at radius 2 is 2.09 bits per heavy atom. The molecule has 0 bridgehead atoms. The fourth-order valence-corrected chi connectivity index (χ4v) is 0.806. The fraction of sp³-hybridized carbons (Fsp3) is 0.400. The summed E-state index contributed by atoms with van der Waals surface area (Å²) in [5.74, 6) is 0.193. The van der Waals surface area contributed by atoms with Crippen molar-refractivity contribution in [1.82, 2.24) is 4.73 Å². The number of nitrogens with zero attached hydrogens (tertiary/aromatic N) is 2. The van der Waals surface area contributed by atoms with Crippen molar-refractivity contribution in [2.75, 3.05) is 24.7 Å². The molecule has 1 rings (SSSR count). The molecule has 6 nitrogen and oxygen atoms in total. The maximum Gasteiger partial charge on any atom is 0.359 e. The van der Waals surface area contributed by atoms with Crippen LogP contribution < -0.4 is 15.4 Å². The average molecular weight is 157 g/mol. The van der Waals surface area contributed by atoms with Crippen LogP contribution in [0.5, 0.6) is 0 Å². The summed E-state index contributed by atoms with van der Waals surface area (Å²) in [7, 11) is 3.08. The van der Waals surface area contributed by atoms with Crippen LogP contribution in [0.25, 0.3) is 0 Å². The van der Waals surface area contributed by atoms with Crippen LogP contribution in [-0.2, 0) is 0 Å². The van der Waals surface area contributed by atoms with Crippen molar-refractivity contribution in [3.63, 3.8) is 0 Å². The molecule has 0 radical (unpaired) electrons. The Labute approximate surface area is 63.6 Å². The van der Waals surface area contributed by atoms with Crippen LogP contribution >= 0.6 is 0 Å². The highest BCUT2D eigenvalue weighted by Crippen LogP contribution is 2.09. The Hall–Kier alpha value is -1.59. The van der Waals surface area contributed by atoms with Crippen molar-refractivity contribution >= 4 is 11.8 Å². The number of aromatic nitrogens is 2. The van der Waals surface area contributed by atoms with E-state index in [0.717, 1.165) is 0 Å². The third kappa shape index (κ3) is 1.02. The van der Waals surface area contributed by atoms with E-state index in [1.807, 2.05) is 0 Å². The monoisotopic (exact) mass is 157 g/mol. The molecule has 2 N–H and O–H groups in total. The van der Waals surface area contributed by atoms with Crippen LogP contribution in [0, 0.1) is 10.4 Å². The van der Waals surface area contributed by atoms with Gasteiger partial charge in [-0.25, -0.2) is 9.46 Å². The molecule has 0 saturated heterocycles. The first-order chi connectivity index (χ1) is 5.20. The Kier molecular flexibility index (Phi) is 1.75. The molecular formula is C5H9N4O2-. The van der Waals surface area contributed by atoms with Gasteiger partial charge in [-0.05, 0) is 0 Å². The summed E-state index contributed by atoms with van der Waals surface area (Å²) in [6.45, 7) is 0. The number of rotatable bonds is 2. The van der Waals surface area contributed by atoms with E-state index in [0.29, 0.717) is 9.46 Å². The summed E-state index contributed by atoms with van der Waals surface area (Å²) in [6, 6.07) is 0. The summed E-state index contributed by atoms with van der Waals surface area (Å²) in [5.41, 5.74) is 0. The maximum atomic E-state index is 11.0. The van der Waals surface area contributed by atoms with Gasteiger partial charge in [-0.15, -0.1) is 0 Å². The van der Waals surface area contributed by atoms with Gasteiger partial charge in [0.25, 0.3) is 0 Å². The van der Waals surface area contributed by atoms with Gasteiger partial charge in [0.05, 0.1) is 7.05 Å². The van der Waals surface area contributed by atoms with Gasteiger partial charge >= 0.3 is 5.95 Å². The van der Waals surface area contributed by atoms with E-state index < -0.39 is 0 Å². The molecule has 1 aromatic heterocycles. The molecule has 0 amide bonds. The van der Waals surface area contributed by atoms with Gasteiger partial charge in [-0.3, -0.25) is 5.32 Å². The summed E-state index contributed by atoms with van der Waals surface area (Å²) in [4.78, 5) is 0. The minimum atomic E-state index is -0.0330. The van der Waals surface area contributed by atoms with E-state index in [9.17, 15) is 10.4 Å². The van der Waals surface area contributed by atoms with Crippen LogP contribution in [0.3, 0.4) is 0 Å². The average Bonchev–Trinajstić information content (AvgIpc) is 2.26. The number of nitrogens with one attached hydrogen (secondary N) is 2. The summed E-state index contributed by atoms with van der Waals surface area (Å²) in [6.07, 6.45) is 1.17. The third-order valence-corrected chi connectivity index (χ3v) is 1.34. The second-order valence-electron chi connectivity index (χ2n) is 1.96. The quantitative estimate of drug-likeness (QED) is 0.450. The zero-order valence-corrected chi connectivity index (χ0v) is 6.29. The van der Waals surface area contributed by atoms with Crippen LogP contribution in [-0.4, -0.2) is 18.8 Å². The second kappa shape index (κ2) is 2.57. The van der Waals surface area contributed by atoms with Gasteiger partial charge in [0, 0.05) is 7.05 Å². The van der Waals surface area contributed by atoms with Gasteiger partial charge in [0.1, 0.15) is 6.20 Å². The molecule has 0 fully saturated rings. The molecule has 0 atom stereocenters. The van der Waals surface area contributed by atoms with Gasteiger partial charge in [0.2, 0.25) is 5.82 Å². The molecule has 0 aliphatic heterocycles. The highest BCUT2D eigenvalue weighted by atomic mass is 16.5. The first-order valence-electron chi connectivity index (χ1n) is 3.08. The Balaban J connectivity index is 3.14. The lowest BCUT2D eigenvalue weighted by atomic mass is 10.7. The molecule has 0 aromatic carbocycles. The number of hydrogen-bond acceptors (Lipinski definition) is 4. The Morgan fingerprint density at radius 3 is 2.36 bits per heavy atom. The van der Waals surface area contributed by atoms with Crippen molar-refractivity contribution in [2.45, 2.75) is 0 Å². The molecule has 0 aliphatic carbocycles. The van der Waals surface area contributed by atoms with E-state index in [-0.39, 0.29) is 11.8 Å². The molecule has 1 aromatic rings. The smallest absolute Gasteiger partial charge is 0.359 e. The number of imidazole rings is 1. The normalized spacial score (nSPS) is 9.64. The molecule has 0 unspecified atom stereocenters. The molecule has 1 heterocycles. The van der Waals surface area contributed by atoms with Crippen molar-refractivity contribution in [3.8, 4) is 0 Å². The minimum absolute atomic E-state index is 0.0330. The van der Waals surface area contributed by atoms with E-state index in [1.54, 1.807) is 7.05 Å². The van der Waals surface area contributed by atoms with Crippen molar-refractivity contribution < 1.29 is 4.73 Å². The molecule has 0 aliphatic rings. The second-order valence-corrected chi connectivity index (χ2v) is 1.96.